The molecule has 2 saturated heterocycles. The number of nitrogens with zero attached hydrogens (tertiary/aromatic N) is 4. The number of amides is 1. The van der Waals surface area contributed by atoms with E-state index in [0.29, 0.717) is 18.8 Å². The van der Waals surface area contributed by atoms with Crippen molar-refractivity contribution >= 4 is 22.6 Å². The molecule has 156 valence electrons. The molecule has 2 fully saturated rings. The van der Waals surface area contributed by atoms with E-state index in [2.05, 4.69) is 22.0 Å². The van der Waals surface area contributed by atoms with Crippen molar-refractivity contribution in [3.63, 3.8) is 0 Å². The largest absolute Gasteiger partial charge is 0.497 e. The number of fused-ring (bicyclic) bond motifs is 1. The third-order valence-electron chi connectivity index (χ3n) is 6.32. The van der Waals surface area contributed by atoms with Crippen LogP contribution in [0.3, 0.4) is 0 Å². The zero-order chi connectivity index (χ0) is 20.7. The molecule has 1 amide bonds. The molecule has 0 saturated carbocycles. The second-order valence-corrected chi connectivity index (χ2v) is 8.38. The van der Waals surface area contributed by atoms with E-state index in [1.54, 1.807) is 7.11 Å². The standard InChI is InChI=1S/C23H26N4O3/c1-30-18-8-6-17(7-9-18)25-13-23(14-25)15-26(16-23)22(29)10-11-27-20-5-3-2-4-19(20)24-21(27)12-28/h2-9,28H,10-16H2,1H3. The lowest BCUT2D eigenvalue weighted by Crippen LogP contribution is -2.73. The molecule has 2 aliphatic rings. The number of para-hydroxylation sites is 2. The van der Waals surface area contributed by atoms with Gasteiger partial charge < -0.3 is 24.2 Å². The van der Waals surface area contributed by atoms with Gasteiger partial charge in [-0.3, -0.25) is 4.79 Å². The van der Waals surface area contributed by atoms with Crippen molar-refractivity contribution in [3.8, 4) is 5.75 Å². The summed E-state index contributed by atoms with van der Waals surface area (Å²) in [6.07, 6.45) is 0.422. The Hall–Kier alpha value is -3.06. The third kappa shape index (κ3) is 3.19. The summed E-state index contributed by atoms with van der Waals surface area (Å²) in [6, 6.07) is 15.9. The van der Waals surface area contributed by atoms with E-state index in [9.17, 15) is 9.90 Å². The lowest BCUT2D eigenvalue weighted by molar-refractivity contribution is -0.145. The predicted octanol–water partition coefficient (Wildman–Crippen LogP) is 2.28. The zero-order valence-corrected chi connectivity index (χ0v) is 17.1. The first-order valence-corrected chi connectivity index (χ1v) is 10.3. The van der Waals surface area contributed by atoms with E-state index in [1.165, 1.54) is 5.69 Å². The molecule has 0 atom stereocenters. The summed E-state index contributed by atoms with van der Waals surface area (Å²) < 4.78 is 7.18. The first-order chi connectivity index (χ1) is 14.6. The molecule has 0 aliphatic carbocycles. The number of hydrogen-bond donors (Lipinski definition) is 1. The maximum atomic E-state index is 12.7. The van der Waals surface area contributed by atoms with Crippen LogP contribution in [0.5, 0.6) is 5.75 Å². The fourth-order valence-corrected chi connectivity index (χ4v) is 4.74. The summed E-state index contributed by atoms with van der Waals surface area (Å²) in [5.74, 6) is 1.65. The van der Waals surface area contributed by atoms with Crippen LogP contribution in [0.25, 0.3) is 11.0 Å². The summed E-state index contributed by atoms with van der Waals surface area (Å²) in [5.41, 5.74) is 3.26. The number of imidazole rings is 1. The van der Waals surface area contributed by atoms with Gasteiger partial charge in [-0.15, -0.1) is 0 Å². The number of benzene rings is 2. The fourth-order valence-electron chi connectivity index (χ4n) is 4.74. The van der Waals surface area contributed by atoms with Crippen LogP contribution in [0.4, 0.5) is 5.69 Å². The van der Waals surface area contributed by atoms with Crippen molar-refractivity contribution in [2.75, 3.05) is 38.2 Å². The zero-order valence-electron chi connectivity index (χ0n) is 17.1. The Bertz CT molecular complexity index is 1060. The molecular formula is C23H26N4O3. The highest BCUT2D eigenvalue weighted by Crippen LogP contribution is 2.42. The number of methoxy groups -OCH3 is 1. The minimum Gasteiger partial charge on any atom is -0.497 e. The van der Waals surface area contributed by atoms with Gasteiger partial charge >= 0.3 is 0 Å². The van der Waals surface area contributed by atoms with Crippen molar-refractivity contribution in [3.05, 3.63) is 54.4 Å². The van der Waals surface area contributed by atoms with Crippen molar-refractivity contribution in [1.82, 2.24) is 14.5 Å². The van der Waals surface area contributed by atoms with Gasteiger partial charge in [0.1, 0.15) is 18.2 Å². The smallest absolute Gasteiger partial charge is 0.224 e. The SMILES string of the molecule is COc1ccc(N2CC3(CN(C(=O)CCn4c(CO)nc5ccccc54)C3)C2)cc1. The number of aromatic nitrogens is 2. The highest BCUT2D eigenvalue weighted by molar-refractivity contribution is 5.79. The molecule has 1 spiro atoms. The molecule has 1 aromatic heterocycles. The monoisotopic (exact) mass is 406 g/mol. The van der Waals surface area contributed by atoms with Gasteiger partial charge in [0.25, 0.3) is 0 Å². The molecule has 3 heterocycles. The number of likely N-dealkylation sites (tertiary alicyclic amines) is 1. The van der Waals surface area contributed by atoms with Crippen molar-refractivity contribution < 1.29 is 14.6 Å². The number of rotatable bonds is 6. The Kier molecular flexibility index (Phi) is 4.62. The van der Waals surface area contributed by atoms with E-state index in [0.717, 1.165) is 43.0 Å². The van der Waals surface area contributed by atoms with E-state index < -0.39 is 0 Å². The quantitative estimate of drug-likeness (QED) is 0.680. The molecule has 0 bridgehead atoms. The average molecular weight is 406 g/mol. The van der Waals surface area contributed by atoms with Crippen LogP contribution in [0.2, 0.25) is 0 Å². The Morgan fingerprint density at radius 1 is 1.10 bits per heavy atom. The Balaban J connectivity index is 1.15. The van der Waals surface area contributed by atoms with Gasteiger partial charge in [0.2, 0.25) is 5.91 Å². The summed E-state index contributed by atoms with van der Waals surface area (Å²) in [5, 5.41) is 9.62. The van der Waals surface area contributed by atoms with Gasteiger partial charge in [-0.05, 0) is 36.4 Å². The van der Waals surface area contributed by atoms with E-state index >= 15 is 0 Å². The highest BCUT2D eigenvalue weighted by atomic mass is 16.5. The molecule has 3 aromatic rings. The lowest BCUT2D eigenvalue weighted by atomic mass is 9.72. The van der Waals surface area contributed by atoms with Gasteiger partial charge in [0.15, 0.2) is 0 Å². The second kappa shape index (κ2) is 7.32. The molecule has 7 nitrogen and oxygen atoms in total. The van der Waals surface area contributed by atoms with Crippen molar-refractivity contribution in [2.24, 2.45) is 5.41 Å². The molecule has 5 rings (SSSR count). The van der Waals surface area contributed by atoms with Gasteiger partial charge in [0, 0.05) is 50.2 Å². The number of aryl methyl sites for hydroxylation is 1. The summed E-state index contributed by atoms with van der Waals surface area (Å²) in [7, 11) is 1.67. The van der Waals surface area contributed by atoms with Crippen LogP contribution < -0.4 is 9.64 Å². The number of hydrogen-bond acceptors (Lipinski definition) is 5. The van der Waals surface area contributed by atoms with Crippen LogP contribution in [0, 0.1) is 5.41 Å². The normalized spacial score (nSPS) is 17.1. The Morgan fingerprint density at radius 2 is 1.83 bits per heavy atom. The minimum atomic E-state index is -0.128. The third-order valence-corrected chi connectivity index (χ3v) is 6.32. The predicted molar refractivity (Wildman–Crippen MR) is 114 cm³/mol. The fraction of sp³-hybridized carbons (Fsp3) is 0.391. The van der Waals surface area contributed by atoms with Gasteiger partial charge in [0.05, 0.1) is 18.1 Å². The second-order valence-electron chi connectivity index (χ2n) is 8.38. The number of aliphatic hydroxyl groups excluding tert-OH is 1. The first kappa shape index (κ1) is 18.9. The molecule has 1 N–H and O–H groups in total. The number of carbonyl (C=O) groups is 1. The summed E-state index contributed by atoms with van der Waals surface area (Å²) in [4.78, 5) is 21.5. The molecule has 2 aromatic carbocycles. The molecule has 0 unspecified atom stereocenters. The van der Waals surface area contributed by atoms with E-state index in [-0.39, 0.29) is 17.9 Å². The van der Waals surface area contributed by atoms with Crippen LogP contribution in [0.15, 0.2) is 48.5 Å². The molecule has 7 heteroatoms. The number of anilines is 1. The molecule has 30 heavy (non-hydrogen) atoms. The highest BCUT2D eigenvalue weighted by Gasteiger charge is 2.52. The lowest BCUT2D eigenvalue weighted by Gasteiger charge is -2.61. The van der Waals surface area contributed by atoms with Crippen molar-refractivity contribution in [2.45, 2.75) is 19.6 Å². The maximum Gasteiger partial charge on any atom is 0.224 e. The minimum absolute atomic E-state index is 0.128. The van der Waals surface area contributed by atoms with Gasteiger partial charge in [-0.1, -0.05) is 12.1 Å². The summed E-state index contributed by atoms with van der Waals surface area (Å²) in [6.45, 7) is 4.05. The van der Waals surface area contributed by atoms with Gasteiger partial charge in [-0.25, -0.2) is 4.98 Å². The summed E-state index contributed by atoms with van der Waals surface area (Å²) >= 11 is 0. The van der Waals surface area contributed by atoms with E-state index in [1.807, 2.05) is 45.9 Å². The number of aliphatic hydroxyl groups is 1. The van der Waals surface area contributed by atoms with Crippen LogP contribution in [-0.2, 0) is 17.9 Å². The first-order valence-electron chi connectivity index (χ1n) is 10.3. The number of carbonyl (C=O) groups excluding carboxylic acids is 1. The number of ether oxygens (including phenoxy) is 1. The maximum absolute atomic E-state index is 12.7. The van der Waals surface area contributed by atoms with E-state index in [4.69, 9.17) is 4.74 Å². The van der Waals surface area contributed by atoms with Gasteiger partial charge in [-0.2, -0.15) is 0 Å². The van der Waals surface area contributed by atoms with Crippen LogP contribution >= 0.6 is 0 Å². The topological polar surface area (TPSA) is 70.8 Å². The Labute approximate surface area is 175 Å². The average Bonchev–Trinajstić information content (AvgIpc) is 3.08. The molecule has 0 radical (unpaired) electrons. The Morgan fingerprint density at radius 3 is 2.53 bits per heavy atom. The van der Waals surface area contributed by atoms with Crippen molar-refractivity contribution in [1.29, 1.82) is 0 Å². The molecule has 2 aliphatic heterocycles. The van der Waals surface area contributed by atoms with Crippen LogP contribution in [-0.4, -0.2) is 58.8 Å². The molecular weight excluding hydrogens is 380 g/mol. The van der Waals surface area contributed by atoms with Crippen LogP contribution in [0.1, 0.15) is 12.2 Å².